The Hall–Kier alpha value is -1.55. The Morgan fingerprint density at radius 1 is 1.40 bits per heavy atom. The van der Waals surface area contributed by atoms with Gasteiger partial charge >= 0.3 is 0 Å². The fourth-order valence-electron chi connectivity index (χ4n) is 2.75. The minimum absolute atomic E-state index is 0.232. The summed E-state index contributed by atoms with van der Waals surface area (Å²) in [6.07, 6.45) is 2.73. The average Bonchev–Trinajstić information content (AvgIpc) is 2.97. The molecule has 1 fully saturated rings. The predicted molar refractivity (Wildman–Crippen MR) is 79.8 cm³/mol. The standard InChI is InChI=1S/C16H24N2O2/c1-3-17-11-10-16(19)18-12-4-5-15(18)13-6-8-14(20-2)9-7-13/h6-9,15,17H,3-5,10-12H2,1-2H3. The summed E-state index contributed by atoms with van der Waals surface area (Å²) in [5, 5.41) is 3.21. The van der Waals surface area contributed by atoms with Crippen LogP contribution in [0.5, 0.6) is 5.75 Å². The van der Waals surface area contributed by atoms with Gasteiger partial charge in [0.15, 0.2) is 0 Å². The lowest BCUT2D eigenvalue weighted by molar-refractivity contribution is -0.132. The van der Waals surface area contributed by atoms with Gasteiger partial charge in [0.1, 0.15) is 5.75 Å². The maximum atomic E-state index is 12.3. The Morgan fingerprint density at radius 3 is 2.80 bits per heavy atom. The second-order valence-electron chi connectivity index (χ2n) is 5.12. The molecule has 1 aromatic rings. The first kappa shape index (κ1) is 14.9. The van der Waals surface area contributed by atoms with E-state index < -0.39 is 0 Å². The second-order valence-corrected chi connectivity index (χ2v) is 5.12. The van der Waals surface area contributed by atoms with Crippen molar-refractivity contribution in [2.24, 2.45) is 0 Å². The topological polar surface area (TPSA) is 41.6 Å². The van der Waals surface area contributed by atoms with Crippen LogP contribution in [0.3, 0.4) is 0 Å². The van der Waals surface area contributed by atoms with Crippen molar-refractivity contribution >= 4 is 5.91 Å². The molecule has 0 spiro atoms. The Morgan fingerprint density at radius 2 is 2.15 bits per heavy atom. The quantitative estimate of drug-likeness (QED) is 0.811. The van der Waals surface area contributed by atoms with E-state index >= 15 is 0 Å². The van der Waals surface area contributed by atoms with E-state index in [1.54, 1.807) is 7.11 Å². The van der Waals surface area contributed by atoms with Crippen molar-refractivity contribution in [1.82, 2.24) is 10.2 Å². The highest BCUT2D eigenvalue weighted by atomic mass is 16.5. The molecule has 0 aromatic heterocycles. The number of nitrogens with zero attached hydrogens (tertiary/aromatic N) is 1. The molecule has 1 aliphatic rings. The van der Waals surface area contributed by atoms with E-state index in [9.17, 15) is 4.79 Å². The first-order valence-corrected chi connectivity index (χ1v) is 7.40. The summed E-state index contributed by atoms with van der Waals surface area (Å²) >= 11 is 0. The molecule has 1 saturated heterocycles. The van der Waals surface area contributed by atoms with Crippen LogP contribution < -0.4 is 10.1 Å². The second kappa shape index (κ2) is 7.29. The molecule has 0 aliphatic carbocycles. The van der Waals surface area contributed by atoms with Gasteiger partial charge in [0.25, 0.3) is 0 Å². The van der Waals surface area contributed by atoms with Crippen LogP contribution in [0.15, 0.2) is 24.3 Å². The Labute approximate surface area is 121 Å². The largest absolute Gasteiger partial charge is 0.497 e. The molecular weight excluding hydrogens is 252 g/mol. The minimum Gasteiger partial charge on any atom is -0.497 e. The number of nitrogens with one attached hydrogen (secondary N) is 1. The molecule has 4 nitrogen and oxygen atoms in total. The van der Waals surface area contributed by atoms with Crippen molar-refractivity contribution in [1.29, 1.82) is 0 Å². The lowest BCUT2D eigenvalue weighted by atomic mass is 10.0. The zero-order valence-electron chi connectivity index (χ0n) is 12.4. The van der Waals surface area contributed by atoms with Gasteiger partial charge in [-0.3, -0.25) is 4.79 Å². The highest BCUT2D eigenvalue weighted by molar-refractivity contribution is 5.77. The van der Waals surface area contributed by atoms with Crippen molar-refractivity contribution in [2.45, 2.75) is 32.2 Å². The van der Waals surface area contributed by atoms with Crippen LogP contribution in [0.25, 0.3) is 0 Å². The zero-order chi connectivity index (χ0) is 14.4. The van der Waals surface area contributed by atoms with E-state index in [1.807, 2.05) is 17.0 Å². The molecular formula is C16H24N2O2. The summed E-state index contributed by atoms with van der Waals surface area (Å²) in [5.74, 6) is 1.11. The third-order valence-corrected chi connectivity index (χ3v) is 3.84. The minimum atomic E-state index is 0.232. The Bertz CT molecular complexity index is 431. The number of hydrogen-bond donors (Lipinski definition) is 1. The number of amides is 1. The molecule has 2 rings (SSSR count). The van der Waals surface area contributed by atoms with Crippen LogP contribution in [0, 0.1) is 0 Å². The highest BCUT2D eigenvalue weighted by Gasteiger charge is 2.29. The zero-order valence-corrected chi connectivity index (χ0v) is 12.4. The van der Waals surface area contributed by atoms with E-state index in [1.165, 1.54) is 5.56 Å². The van der Waals surface area contributed by atoms with Gasteiger partial charge in [0, 0.05) is 19.5 Å². The van der Waals surface area contributed by atoms with E-state index in [0.29, 0.717) is 6.42 Å². The maximum absolute atomic E-state index is 12.3. The van der Waals surface area contributed by atoms with Crippen molar-refractivity contribution in [3.8, 4) is 5.75 Å². The SMILES string of the molecule is CCNCCC(=O)N1CCCC1c1ccc(OC)cc1. The maximum Gasteiger partial charge on any atom is 0.224 e. The Balaban J connectivity index is 2.00. The van der Waals surface area contributed by atoms with E-state index in [2.05, 4.69) is 24.4 Å². The number of rotatable bonds is 6. The summed E-state index contributed by atoms with van der Waals surface area (Å²) in [6, 6.07) is 8.30. The van der Waals surface area contributed by atoms with Gasteiger partial charge in [-0.05, 0) is 37.1 Å². The van der Waals surface area contributed by atoms with Crippen molar-refractivity contribution in [2.75, 3.05) is 26.7 Å². The molecule has 1 unspecified atom stereocenters. The van der Waals surface area contributed by atoms with Crippen LogP contribution in [-0.4, -0.2) is 37.6 Å². The average molecular weight is 276 g/mol. The lowest BCUT2D eigenvalue weighted by Gasteiger charge is -2.25. The summed E-state index contributed by atoms with van der Waals surface area (Å²) in [4.78, 5) is 14.3. The fourth-order valence-corrected chi connectivity index (χ4v) is 2.75. The normalized spacial score (nSPS) is 18.3. The van der Waals surface area contributed by atoms with Crippen molar-refractivity contribution < 1.29 is 9.53 Å². The van der Waals surface area contributed by atoms with Gasteiger partial charge in [0.05, 0.1) is 13.2 Å². The third-order valence-electron chi connectivity index (χ3n) is 3.84. The van der Waals surface area contributed by atoms with Gasteiger partial charge in [0.2, 0.25) is 5.91 Å². The number of methoxy groups -OCH3 is 1. The van der Waals surface area contributed by atoms with Crippen molar-refractivity contribution in [3.05, 3.63) is 29.8 Å². The summed E-state index contributed by atoms with van der Waals surface area (Å²) in [7, 11) is 1.67. The molecule has 20 heavy (non-hydrogen) atoms. The van der Waals surface area contributed by atoms with E-state index in [0.717, 1.165) is 38.2 Å². The third kappa shape index (κ3) is 3.51. The molecule has 0 bridgehead atoms. The molecule has 1 amide bonds. The number of benzene rings is 1. The first-order valence-electron chi connectivity index (χ1n) is 7.40. The lowest BCUT2D eigenvalue weighted by Crippen LogP contribution is -2.32. The number of carbonyl (C=O) groups is 1. The smallest absolute Gasteiger partial charge is 0.224 e. The van der Waals surface area contributed by atoms with Gasteiger partial charge in [-0.15, -0.1) is 0 Å². The first-order chi connectivity index (χ1) is 9.76. The van der Waals surface area contributed by atoms with Crippen LogP contribution >= 0.6 is 0 Å². The van der Waals surface area contributed by atoms with Gasteiger partial charge in [-0.1, -0.05) is 19.1 Å². The molecule has 1 atom stereocenters. The van der Waals surface area contributed by atoms with Gasteiger partial charge in [-0.25, -0.2) is 0 Å². The molecule has 4 heteroatoms. The van der Waals surface area contributed by atoms with Crippen LogP contribution in [0.4, 0.5) is 0 Å². The van der Waals surface area contributed by atoms with Gasteiger partial charge in [-0.2, -0.15) is 0 Å². The Kier molecular flexibility index (Phi) is 5.41. The molecule has 1 heterocycles. The molecule has 110 valence electrons. The number of hydrogen-bond acceptors (Lipinski definition) is 3. The van der Waals surface area contributed by atoms with Crippen LogP contribution in [-0.2, 0) is 4.79 Å². The highest BCUT2D eigenvalue weighted by Crippen LogP contribution is 2.33. The fraction of sp³-hybridized carbons (Fsp3) is 0.562. The van der Waals surface area contributed by atoms with Gasteiger partial charge < -0.3 is 15.0 Å². The van der Waals surface area contributed by atoms with Crippen molar-refractivity contribution in [3.63, 3.8) is 0 Å². The monoisotopic (exact) mass is 276 g/mol. The summed E-state index contributed by atoms with van der Waals surface area (Å²) < 4.78 is 5.18. The van der Waals surface area contributed by atoms with Crippen LogP contribution in [0.1, 0.15) is 37.8 Å². The molecule has 1 N–H and O–H groups in total. The predicted octanol–water partition coefficient (Wildman–Crippen LogP) is 2.36. The summed E-state index contributed by atoms with van der Waals surface area (Å²) in [5.41, 5.74) is 1.21. The number of ether oxygens (including phenoxy) is 1. The number of likely N-dealkylation sites (tertiary alicyclic amines) is 1. The number of carbonyl (C=O) groups excluding carboxylic acids is 1. The van der Waals surface area contributed by atoms with E-state index in [4.69, 9.17) is 4.74 Å². The molecule has 1 aliphatic heterocycles. The van der Waals surface area contributed by atoms with Crippen LogP contribution in [0.2, 0.25) is 0 Å². The van der Waals surface area contributed by atoms with E-state index in [-0.39, 0.29) is 11.9 Å². The summed E-state index contributed by atoms with van der Waals surface area (Å²) in [6.45, 7) is 4.61. The molecule has 0 saturated carbocycles. The molecule has 1 aromatic carbocycles. The molecule has 0 radical (unpaired) electrons.